The molecule has 4 saturated heterocycles. The Kier molecular flexibility index (Phi) is 21.5. The second kappa shape index (κ2) is 28.8. The third-order valence-electron chi connectivity index (χ3n) is 14.9. The van der Waals surface area contributed by atoms with E-state index in [2.05, 4.69) is 20.6 Å². The zero-order chi connectivity index (χ0) is 60.0. The first-order valence-electron chi connectivity index (χ1n) is 27.8. The zero-order valence-electron chi connectivity index (χ0n) is 47.5. The van der Waals surface area contributed by atoms with Crippen molar-refractivity contribution in [1.29, 1.82) is 0 Å². The molecule has 84 heavy (non-hydrogen) atoms. The maximum atomic E-state index is 13.6. The van der Waals surface area contributed by atoms with Crippen LogP contribution < -0.4 is 25.0 Å². The molecule has 0 aliphatic carbocycles. The van der Waals surface area contributed by atoms with Crippen molar-refractivity contribution in [2.45, 2.75) is 99.9 Å². The molecule has 450 valence electrons. The number of hydrogen-bond acceptors (Lipinski definition) is 18. The van der Waals surface area contributed by atoms with Crippen LogP contribution in [0.4, 0.5) is 4.79 Å². The van der Waals surface area contributed by atoms with Gasteiger partial charge in [-0.05, 0) is 93.6 Å². The van der Waals surface area contributed by atoms with Gasteiger partial charge >= 0.3 is 18.0 Å². The number of unbranched alkanes of at least 4 members (excludes halogenated alkanes) is 1. The largest absolute Gasteiger partial charge is 0.480 e. The summed E-state index contributed by atoms with van der Waals surface area (Å²) in [5, 5.41) is 28.6. The van der Waals surface area contributed by atoms with E-state index in [-0.39, 0.29) is 82.1 Å². The molecule has 26 heteroatoms. The number of thioether (sulfide) groups is 2. The molecule has 2 aromatic heterocycles. The Bertz CT molecular complexity index is 2730. The fraction of sp³-hybridized carbons (Fsp3) is 0.483. The predicted molar refractivity (Wildman–Crippen MR) is 309 cm³/mol. The molecule has 2 aromatic carbocycles. The van der Waals surface area contributed by atoms with E-state index in [4.69, 9.17) is 19.1 Å². The minimum absolute atomic E-state index is 0.0182. The van der Waals surface area contributed by atoms with Crippen molar-refractivity contribution in [3.05, 3.63) is 114 Å². The predicted octanol–water partition coefficient (Wildman–Crippen LogP) is 3.74. The maximum Gasteiger partial charge on any atom is 0.415 e. The Hall–Kier alpha value is -7.52. The molecule has 4 N–H and O–H groups in total. The van der Waals surface area contributed by atoms with Crippen molar-refractivity contribution >= 4 is 71.1 Å². The molecule has 24 nitrogen and oxygen atoms in total. The third-order valence-corrected chi connectivity index (χ3v) is 17.6. The minimum Gasteiger partial charge on any atom is -0.480 e. The summed E-state index contributed by atoms with van der Waals surface area (Å²) in [5.74, 6) is -1.72. The quantitative estimate of drug-likeness (QED) is 0.0727. The van der Waals surface area contributed by atoms with Crippen LogP contribution in [0.15, 0.2) is 97.6 Å². The van der Waals surface area contributed by atoms with Crippen LogP contribution in [0.1, 0.15) is 63.6 Å². The molecule has 0 spiro atoms. The molecule has 4 fully saturated rings. The molecule has 4 aliphatic heterocycles. The van der Waals surface area contributed by atoms with Crippen molar-refractivity contribution in [3.63, 3.8) is 0 Å². The lowest BCUT2D eigenvalue weighted by Crippen LogP contribution is -2.56. The average Bonchev–Trinajstić information content (AvgIpc) is 2.47. The van der Waals surface area contributed by atoms with E-state index < -0.39 is 63.5 Å². The van der Waals surface area contributed by atoms with Crippen molar-refractivity contribution in [1.82, 2.24) is 50.3 Å². The monoisotopic (exact) mass is 1200 g/mol. The van der Waals surface area contributed by atoms with Crippen LogP contribution in [-0.4, -0.2) is 208 Å². The molecular formula is C58H72N10O14S2. The summed E-state index contributed by atoms with van der Waals surface area (Å²) in [5.41, 5.74) is 2.02. The molecule has 0 unspecified atom stereocenters. The Morgan fingerprint density at radius 3 is 1.48 bits per heavy atom. The second-order valence-electron chi connectivity index (χ2n) is 21.8. The number of hydroxylamine groups is 4. The number of hydrogen-bond donors (Lipinski definition) is 4. The summed E-state index contributed by atoms with van der Waals surface area (Å²) in [7, 11) is 0. The molecule has 6 heterocycles. The highest BCUT2D eigenvalue weighted by Gasteiger charge is 2.50. The lowest BCUT2D eigenvalue weighted by Gasteiger charge is -2.35. The van der Waals surface area contributed by atoms with Crippen molar-refractivity contribution < 1.29 is 67.7 Å². The number of ether oxygens (including phenoxy) is 2. The van der Waals surface area contributed by atoms with Crippen LogP contribution in [0.3, 0.4) is 0 Å². The molecule has 0 radical (unpaired) electrons. The van der Waals surface area contributed by atoms with E-state index in [0.717, 1.165) is 5.56 Å². The molecular weight excluding hydrogens is 1120 g/mol. The highest BCUT2D eigenvalue weighted by molar-refractivity contribution is 8.01. The number of carboxylic acid groups (broad SMARTS) is 2. The zero-order valence-corrected chi connectivity index (χ0v) is 49.1. The van der Waals surface area contributed by atoms with Gasteiger partial charge in [0.15, 0.2) is 11.5 Å². The first kappa shape index (κ1) is 62.5. The number of aliphatic carboxylic acids is 2. The standard InChI is InChI=1S/C58H72N10O14S2/c1-57(2)50(67(37-83-57)81-43-9-7-20-59-34-43)52(72)61-45(54(74)75)31-39-12-14-41(15-13-39)33-48(70)64-24-22-63(23-25-64)47(69)11-5-6-30-79-36-49(71)65-26-28-66(29-27-65)56(78)80-42-18-16-40(17-19-42)32-46(55(76)77)62-53(73)51-58(3,4)84-38-68(51)82-44-10-8-21-60-35-44/h7-10,12-21,34-35,45-46,50-51H,5-6,11,22-33,36-38H2,1-4H3,(H,61,72)(H,62,73)(H,74,75)(H,76,77)/t45-,46-,50+,51+/m0/s1. The minimum atomic E-state index is -1.24. The van der Waals surface area contributed by atoms with Crippen LogP contribution in [0.5, 0.6) is 17.2 Å². The van der Waals surface area contributed by atoms with Gasteiger partial charge in [-0.2, -0.15) is 0 Å². The van der Waals surface area contributed by atoms with Crippen LogP contribution in [0, 0.1) is 0 Å². The first-order valence-corrected chi connectivity index (χ1v) is 29.8. The molecule has 4 atom stereocenters. The number of nitrogens with zero attached hydrogens (tertiary/aromatic N) is 8. The lowest BCUT2D eigenvalue weighted by atomic mass is 10.00. The van der Waals surface area contributed by atoms with Gasteiger partial charge in [-0.3, -0.25) is 33.9 Å². The fourth-order valence-electron chi connectivity index (χ4n) is 10.1. The van der Waals surface area contributed by atoms with E-state index in [1.54, 1.807) is 105 Å². The van der Waals surface area contributed by atoms with Gasteiger partial charge in [0.2, 0.25) is 29.5 Å². The number of carbonyl (C=O) groups excluding carboxylic acids is 6. The number of nitrogens with one attached hydrogen (secondary N) is 2. The molecule has 6 amide bonds. The molecule has 0 saturated carbocycles. The van der Waals surface area contributed by atoms with Gasteiger partial charge in [0, 0.05) is 100 Å². The van der Waals surface area contributed by atoms with Crippen LogP contribution in [0.2, 0.25) is 0 Å². The number of rotatable bonds is 24. The van der Waals surface area contributed by atoms with Crippen LogP contribution >= 0.6 is 23.5 Å². The number of piperazine rings is 2. The molecule has 4 aliphatic rings. The summed E-state index contributed by atoms with van der Waals surface area (Å²) < 4.78 is 10.1. The number of benzene rings is 2. The maximum absolute atomic E-state index is 13.6. The van der Waals surface area contributed by atoms with Gasteiger partial charge in [0.25, 0.3) is 0 Å². The topological polar surface area (TPSA) is 283 Å². The highest BCUT2D eigenvalue weighted by atomic mass is 32.2. The second-order valence-corrected chi connectivity index (χ2v) is 25.0. The van der Waals surface area contributed by atoms with Crippen molar-refractivity contribution in [2.75, 3.05) is 77.3 Å². The fourth-order valence-corrected chi connectivity index (χ4v) is 12.2. The highest BCUT2D eigenvalue weighted by Crippen LogP contribution is 2.41. The van der Waals surface area contributed by atoms with E-state index >= 15 is 0 Å². The number of pyridine rings is 2. The van der Waals surface area contributed by atoms with Gasteiger partial charge in [0.05, 0.1) is 30.6 Å². The van der Waals surface area contributed by atoms with E-state index in [1.165, 1.54) is 45.9 Å². The van der Waals surface area contributed by atoms with Crippen molar-refractivity contribution in [3.8, 4) is 17.2 Å². The van der Waals surface area contributed by atoms with Gasteiger partial charge < -0.3 is 59.6 Å². The lowest BCUT2D eigenvalue weighted by molar-refractivity contribution is -0.148. The normalized spacial score (nSPS) is 19.4. The van der Waals surface area contributed by atoms with Gasteiger partial charge in [0.1, 0.15) is 36.5 Å². The SMILES string of the molecule is CC1(C)SCN(Oc2cccnc2)[C@@H]1C(=O)N[C@@H](Cc1ccc(CC(=O)N2CCN(C(=O)CCCCOCC(=O)N3CCN(C(=O)Oc4ccc(C[C@H](NC(=O)[C@H]5N(Oc6cccnc6)CSC5(C)C)C(=O)O)cc4)CC3)CC2)cc1)C(=O)O. The Morgan fingerprint density at radius 2 is 1.01 bits per heavy atom. The van der Waals surface area contributed by atoms with E-state index in [0.29, 0.717) is 79.8 Å². The summed E-state index contributed by atoms with van der Waals surface area (Å²) in [6.45, 7) is 10.4. The van der Waals surface area contributed by atoms with Crippen LogP contribution in [0.25, 0.3) is 0 Å². The Morgan fingerprint density at radius 1 is 0.571 bits per heavy atom. The third kappa shape index (κ3) is 17.1. The summed E-state index contributed by atoms with van der Waals surface area (Å²) in [6, 6.07) is 16.3. The number of aromatic nitrogens is 2. The van der Waals surface area contributed by atoms with Crippen LogP contribution in [-0.2, 0) is 57.6 Å². The molecule has 0 bridgehead atoms. The average molecular weight is 1200 g/mol. The number of carboxylic acids is 2. The van der Waals surface area contributed by atoms with E-state index in [9.17, 15) is 48.6 Å². The Balaban J connectivity index is 0.669. The van der Waals surface area contributed by atoms with E-state index in [1.807, 2.05) is 27.7 Å². The van der Waals surface area contributed by atoms with Gasteiger partial charge in [-0.15, -0.1) is 33.7 Å². The summed E-state index contributed by atoms with van der Waals surface area (Å²) in [4.78, 5) is 131. The molecule has 8 rings (SSSR count). The van der Waals surface area contributed by atoms with Gasteiger partial charge in [-0.25, -0.2) is 14.4 Å². The smallest absolute Gasteiger partial charge is 0.415 e. The first-order chi connectivity index (χ1) is 40.2. The van der Waals surface area contributed by atoms with Gasteiger partial charge in [-0.1, -0.05) is 36.4 Å². The summed E-state index contributed by atoms with van der Waals surface area (Å²) in [6.07, 6.45) is 7.27. The Labute approximate surface area is 495 Å². The summed E-state index contributed by atoms with van der Waals surface area (Å²) >= 11 is 3.03. The van der Waals surface area contributed by atoms with Crippen molar-refractivity contribution in [2.24, 2.45) is 0 Å². The molecule has 4 aromatic rings. The number of amides is 6. The number of carbonyl (C=O) groups is 8.